The molecule has 0 amide bonds. The highest BCUT2D eigenvalue weighted by molar-refractivity contribution is 6.33. The summed E-state index contributed by atoms with van der Waals surface area (Å²) >= 11 is 6.35. The van der Waals surface area contributed by atoms with Gasteiger partial charge in [-0.25, -0.2) is 9.78 Å². The van der Waals surface area contributed by atoms with Crippen molar-refractivity contribution in [3.8, 4) is 11.4 Å². The van der Waals surface area contributed by atoms with Gasteiger partial charge < -0.3 is 15.4 Å². The molecule has 1 aromatic heterocycles. The van der Waals surface area contributed by atoms with Crippen LogP contribution in [0.4, 0.5) is 0 Å². The van der Waals surface area contributed by atoms with E-state index in [1.165, 1.54) is 12.8 Å². The van der Waals surface area contributed by atoms with Gasteiger partial charge in [0.2, 0.25) is 0 Å². The molecule has 3 aromatic rings. The van der Waals surface area contributed by atoms with Gasteiger partial charge in [0.05, 0.1) is 16.1 Å². The number of hydrogen-bond acceptors (Lipinski definition) is 3. The van der Waals surface area contributed by atoms with Crippen molar-refractivity contribution < 1.29 is 9.90 Å². The lowest BCUT2D eigenvalue weighted by Gasteiger charge is -2.20. The summed E-state index contributed by atoms with van der Waals surface area (Å²) in [5, 5.41) is 10.4. The molecule has 0 aliphatic rings. The van der Waals surface area contributed by atoms with Gasteiger partial charge in [0.25, 0.3) is 0 Å². The predicted molar refractivity (Wildman–Crippen MR) is 120 cm³/mol. The molecule has 0 aliphatic heterocycles. The lowest BCUT2D eigenvalue weighted by atomic mass is 10.0. The zero-order valence-electron chi connectivity index (χ0n) is 17.3. The molecule has 156 valence electrons. The number of carbonyl (C=O) groups is 1. The minimum absolute atomic E-state index is 0.242. The summed E-state index contributed by atoms with van der Waals surface area (Å²) in [5.74, 6) is -0.0265. The topological polar surface area (TPSA) is 81.1 Å². The molecule has 1 unspecified atom stereocenters. The van der Waals surface area contributed by atoms with Crippen LogP contribution in [0.1, 0.15) is 46.1 Å². The number of rotatable bonds is 7. The number of hydrogen-bond donors (Lipinski definition) is 2. The first kappa shape index (κ1) is 22.9. The molecule has 0 aliphatic carbocycles. The molecule has 0 bridgehead atoms. The standard InChI is InChI=1S/C19H19ClN2O2.C4H11N/c1-12(2)11-17(19(23)24)22-16-10-6-5-9-15(16)21-18(22)13-7-3-4-8-14(13)20;1-2-3-4-5/h3-10,12,17H,11H2,1-2H3,(H,23,24);2-5H2,1H3. The fourth-order valence-electron chi connectivity index (χ4n) is 3.16. The third kappa shape index (κ3) is 5.81. The van der Waals surface area contributed by atoms with Crippen LogP contribution >= 0.6 is 11.6 Å². The Kier molecular flexibility index (Phi) is 8.68. The highest BCUT2D eigenvalue weighted by atomic mass is 35.5. The summed E-state index contributed by atoms with van der Waals surface area (Å²) in [7, 11) is 0. The van der Waals surface area contributed by atoms with Crippen LogP contribution in [0.25, 0.3) is 22.4 Å². The smallest absolute Gasteiger partial charge is 0.326 e. The van der Waals surface area contributed by atoms with Crippen LogP contribution in [0.15, 0.2) is 48.5 Å². The zero-order valence-corrected chi connectivity index (χ0v) is 18.1. The average Bonchev–Trinajstić information content (AvgIpc) is 3.06. The maximum absolute atomic E-state index is 12.0. The van der Waals surface area contributed by atoms with Crippen molar-refractivity contribution in [2.45, 2.75) is 46.1 Å². The maximum atomic E-state index is 12.0. The number of carboxylic acid groups (broad SMARTS) is 1. The van der Waals surface area contributed by atoms with E-state index in [-0.39, 0.29) is 5.92 Å². The summed E-state index contributed by atoms with van der Waals surface area (Å²) in [6.07, 6.45) is 2.91. The van der Waals surface area contributed by atoms with Gasteiger partial charge >= 0.3 is 5.97 Å². The van der Waals surface area contributed by atoms with Crippen LogP contribution in [0.2, 0.25) is 5.02 Å². The first-order valence-corrected chi connectivity index (χ1v) is 10.4. The van der Waals surface area contributed by atoms with Crippen molar-refractivity contribution in [3.63, 3.8) is 0 Å². The van der Waals surface area contributed by atoms with Crippen molar-refractivity contribution in [2.75, 3.05) is 6.54 Å². The van der Waals surface area contributed by atoms with Gasteiger partial charge in [0, 0.05) is 5.56 Å². The number of unbranched alkanes of at least 4 members (excludes halogenated alkanes) is 1. The fourth-order valence-corrected chi connectivity index (χ4v) is 3.38. The number of carboxylic acids is 1. The van der Waals surface area contributed by atoms with E-state index in [0.29, 0.717) is 17.3 Å². The zero-order chi connectivity index (χ0) is 21.4. The SMILES string of the molecule is CC(C)CC(C(=O)O)n1c(-c2ccccc2Cl)nc2ccccc21.CCCCN. The molecule has 0 saturated carbocycles. The monoisotopic (exact) mass is 415 g/mol. The number of nitrogens with two attached hydrogens (primary N) is 1. The fraction of sp³-hybridized carbons (Fsp3) is 0.391. The first-order chi connectivity index (χ1) is 13.9. The number of aromatic nitrogens is 2. The number of nitrogens with zero attached hydrogens (tertiary/aromatic N) is 2. The molecule has 3 rings (SSSR count). The van der Waals surface area contributed by atoms with E-state index < -0.39 is 12.0 Å². The lowest BCUT2D eigenvalue weighted by molar-refractivity contribution is -0.141. The summed E-state index contributed by atoms with van der Waals surface area (Å²) in [6.45, 7) is 7.01. The highest BCUT2D eigenvalue weighted by Crippen LogP contribution is 2.34. The molecule has 3 N–H and O–H groups in total. The van der Waals surface area contributed by atoms with E-state index in [2.05, 4.69) is 11.9 Å². The van der Waals surface area contributed by atoms with Crippen LogP contribution in [0, 0.1) is 5.92 Å². The van der Waals surface area contributed by atoms with Crippen molar-refractivity contribution >= 4 is 28.6 Å². The van der Waals surface area contributed by atoms with Gasteiger partial charge in [0.1, 0.15) is 11.9 Å². The Hall–Kier alpha value is -2.37. The number of benzene rings is 2. The van der Waals surface area contributed by atoms with Gasteiger partial charge in [-0.1, -0.05) is 63.1 Å². The first-order valence-electron chi connectivity index (χ1n) is 10.0. The van der Waals surface area contributed by atoms with Crippen molar-refractivity contribution in [1.82, 2.24) is 9.55 Å². The predicted octanol–water partition coefficient (Wildman–Crippen LogP) is 5.77. The third-order valence-electron chi connectivity index (χ3n) is 4.56. The van der Waals surface area contributed by atoms with E-state index in [9.17, 15) is 9.90 Å². The normalized spacial score (nSPS) is 11.9. The second-order valence-electron chi connectivity index (χ2n) is 7.40. The van der Waals surface area contributed by atoms with E-state index in [0.717, 1.165) is 23.1 Å². The molecular weight excluding hydrogens is 386 g/mol. The van der Waals surface area contributed by atoms with Crippen LogP contribution in [0.3, 0.4) is 0 Å². The number of para-hydroxylation sites is 2. The molecule has 1 heterocycles. The van der Waals surface area contributed by atoms with Gasteiger partial charge in [-0.05, 0) is 49.6 Å². The summed E-state index contributed by atoms with van der Waals surface area (Å²) in [6, 6.07) is 14.3. The van der Waals surface area contributed by atoms with Gasteiger partial charge in [0.15, 0.2) is 0 Å². The Morgan fingerprint density at radius 2 is 1.83 bits per heavy atom. The Labute approximate surface area is 177 Å². The summed E-state index contributed by atoms with van der Waals surface area (Å²) < 4.78 is 1.80. The van der Waals surface area contributed by atoms with E-state index in [1.807, 2.05) is 56.3 Å². The third-order valence-corrected chi connectivity index (χ3v) is 4.89. The van der Waals surface area contributed by atoms with Crippen LogP contribution in [0.5, 0.6) is 0 Å². The molecule has 0 radical (unpaired) electrons. The minimum Gasteiger partial charge on any atom is -0.480 e. The molecule has 29 heavy (non-hydrogen) atoms. The number of halogens is 1. The molecule has 0 saturated heterocycles. The second-order valence-corrected chi connectivity index (χ2v) is 7.81. The van der Waals surface area contributed by atoms with Crippen LogP contribution < -0.4 is 5.73 Å². The quantitative estimate of drug-likeness (QED) is 0.512. The largest absolute Gasteiger partial charge is 0.480 e. The molecule has 0 spiro atoms. The maximum Gasteiger partial charge on any atom is 0.326 e. The van der Waals surface area contributed by atoms with Gasteiger partial charge in [-0.15, -0.1) is 0 Å². The molecule has 6 heteroatoms. The summed E-state index contributed by atoms with van der Waals surface area (Å²) in [4.78, 5) is 16.6. The average molecular weight is 416 g/mol. The molecular formula is C23H30ClN3O2. The van der Waals surface area contributed by atoms with Gasteiger partial charge in [-0.2, -0.15) is 0 Å². The highest BCUT2D eigenvalue weighted by Gasteiger charge is 2.27. The van der Waals surface area contributed by atoms with Crippen molar-refractivity contribution in [2.24, 2.45) is 11.7 Å². The minimum atomic E-state index is -0.861. The van der Waals surface area contributed by atoms with E-state index >= 15 is 0 Å². The van der Waals surface area contributed by atoms with E-state index in [1.54, 1.807) is 10.6 Å². The Bertz CT molecular complexity index is 935. The Morgan fingerprint density at radius 1 is 1.17 bits per heavy atom. The number of imidazole rings is 1. The lowest BCUT2D eigenvalue weighted by Crippen LogP contribution is -2.21. The van der Waals surface area contributed by atoms with Crippen molar-refractivity contribution in [1.29, 1.82) is 0 Å². The Balaban J connectivity index is 0.000000537. The van der Waals surface area contributed by atoms with E-state index in [4.69, 9.17) is 17.3 Å². The second kappa shape index (κ2) is 11.0. The van der Waals surface area contributed by atoms with Gasteiger partial charge in [-0.3, -0.25) is 0 Å². The number of aliphatic carboxylic acids is 1. The van der Waals surface area contributed by atoms with Crippen LogP contribution in [-0.4, -0.2) is 27.2 Å². The van der Waals surface area contributed by atoms with Crippen LogP contribution in [-0.2, 0) is 4.79 Å². The Morgan fingerprint density at radius 3 is 2.38 bits per heavy atom. The van der Waals surface area contributed by atoms with Crippen molar-refractivity contribution in [3.05, 3.63) is 53.6 Å². The molecule has 5 nitrogen and oxygen atoms in total. The molecule has 1 atom stereocenters. The molecule has 2 aromatic carbocycles. The summed E-state index contributed by atoms with van der Waals surface area (Å²) in [5.41, 5.74) is 7.45. The number of fused-ring (bicyclic) bond motifs is 1. The molecule has 0 fully saturated rings.